The van der Waals surface area contributed by atoms with Crippen molar-refractivity contribution in [2.45, 2.75) is 30.3 Å². The van der Waals surface area contributed by atoms with Crippen LogP contribution in [0.5, 0.6) is 5.75 Å². The molecule has 1 aliphatic heterocycles. The minimum absolute atomic E-state index is 0.00670. The molecule has 2 aromatic carbocycles. The van der Waals surface area contributed by atoms with E-state index in [0.29, 0.717) is 18.5 Å². The molecule has 2 atom stereocenters. The lowest BCUT2D eigenvalue weighted by atomic mass is 9.92. The molecular weight excluding hydrogens is 468 g/mol. The Labute approximate surface area is 205 Å². The summed E-state index contributed by atoms with van der Waals surface area (Å²) in [5.74, 6) is -3.41. The number of hydrogen-bond donors (Lipinski definition) is 2. The molecule has 1 saturated carbocycles. The standard InChI is InChI=1S/C26H23F2N5O3/c1-36-16-12-18(27)22(19(28)13-16)17-14-33(11-10-29)24(34)23(17)31-25(35)32-26(8-9-26)21-7-6-15-4-2-3-5-20(15)30-21/h2-7,12-13,17,23H,8-9,11,14H2,1H3,(H2,31,32,35)/t17-,23-/m0/s1. The van der Waals surface area contributed by atoms with Crippen LogP contribution in [0.4, 0.5) is 13.6 Å². The zero-order chi connectivity index (χ0) is 25.4. The Kier molecular flexibility index (Phi) is 5.92. The molecule has 2 heterocycles. The van der Waals surface area contributed by atoms with Gasteiger partial charge in [-0.3, -0.25) is 9.78 Å². The van der Waals surface area contributed by atoms with Crippen molar-refractivity contribution in [2.24, 2.45) is 0 Å². The molecule has 0 spiro atoms. The minimum Gasteiger partial charge on any atom is -0.497 e. The number of urea groups is 1. The van der Waals surface area contributed by atoms with E-state index >= 15 is 0 Å². The van der Waals surface area contributed by atoms with Gasteiger partial charge in [0, 0.05) is 35.5 Å². The molecule has 2 aliphatic rings. The predicted molar refractivity (Wildman–Crippen MR) is 126 cm³/mol. The number of benzene rings is 2. The van der Waals surface area contributed by atoms with E-state index in [1.807, 2.05) is 42.5 Å². The Morgan fingerprint density at radius 3 is 2.61 bits per heavy atom. The molecule has 0 radical (unpaired) electrons. The number of carbonyl (C=O) groups is 2. The van der Waals surface area contributed by atoms with Crippen molar-refractivity contribution in [3.8, 4) is 11.8 Å². The van der Waals surface area contributed by atoms with E-state index in [1.165, 1.54) is 12.0 Å². The molecule has 1 aliphatic carbocycles. The number of rotatable bonds is 6. The number of nitrogens with one attached hydrogen (secondary N) is 2. The first-order valence-electron chi connectivity index (χ1n) is 11.5. The zero-order valence-electron chi connectivity index (χ0n) is 19.4. The number of para-hydroxylation sites is 1. The largest absolute Gasteiger partial charge is 0.497 e. The van der Waals surface area contributed by atoms with Gasteiger partial charge >= 0.3 is 6.03 Å². The molecular formula is C26H23F2N5O3. The number of nitrogens with zero attached hydrogens (tertiary/aromatic N) is 3. The number of ether oxygens (including phenoxy) is 1. The molecule has 3 aromatic rings. The van der Waals surface area contributed by atoms with Gasteiger partial charge in [0.05, 0.1) is 29.9 Å². The monoisotopic (exact) mass is 491 g/mol. The highest BCUT2D eigenvalue weighted by atomic mass is 19.1. The number of pyridine rings is 1. The van der Waals surface area contributed by atoms with Crippen molar-refractivity contribution in [3.63, 3.8) is 0 Å². The fourth-order valence-electron chi connectivity index (χ4n) is 4.78. The molecule has 0 bridgehead atoms. The van der Waals surface area contributed by atoms with E-state index in [1.54, 1.807) is 0 Å². The van der Waals surface area contributed by atoms with Crippen molar-refractivity contribution in [3.05, 3.63) is 71.4 Å². The molecule has 2 N–H and O–H groups in total. The first-order valence-corrected chi connectivity index (χ1v) is 11.5. The average molecular weight is 491 g/mol. The Bertz CT molecular complexity index is 1380. The predicted octanol–water partition coefficient (Wildman–Crippen LogP) is 3.33. The summed E-state index contributed by atoms with van der Waals surface area (Å²) < 4.78 is 34.7. The fourth-order valence-corrected chi connectivity index (χ4v) is 4.78. The number of carbonyl (C=O) groups excluding carboxylic acids is 2. The third-order valence-corrected chi connectivity index (χ3v) is 6.80. The topological polar surface area (TPSA) is 107 Å². The van der Waals surface area contributed by atoms with Gasteiger partial charge in [-0.05, 0) is 25.0 Å². The summed E-state index contributed by atoms with van der Waals surface area (Å²) in [7, 11) is 1.29. The van der Waals surface area contributed by atoms with Crippen LogP contribution in [0.3, 0.4) is 0 Å². The Balaban J connectivity index is 1.39. The van der Waals surface area contributed by atoms with Crippen LogP contribution in [0.2, 0.25) is 0 Å². The highest BCUT2D eigenvalue weighted by molar-refractivity contribution is 5.90. The van der Waals surface area contributed by atoms with E-state index in [0.717, 1.165) is 23.0 Å². The number of halogens is 2. The molecule has 3 amide bonds. The van der Waals surface area contributed by atoms with Gasteiger partial charge in [0.2, 0.25) is 5.91 Å². The second-order valence-electron chi connectivity index (χ2n) is 9.04. The van der Waals surface area contributed by atoms with Gasteiger partial charge in [0.25, 0.3) is 0 Å². The van der Waals surface area contributed by atoms with Gasteiger partial charge in [0.15, 0.2) is 0 Å². The summed E-state index contributed by atoms with van der Waals surface area (Å²) in [6.07, 6.45) is 1.33. The van der Waals surface area contributed by atoms with Crippen molar-refractivity contribution in [2.75, 3.05) is 20.2 Å². The number of methoxy groups -OCH3 is 1. The van der Waals surface area contributed by atoms with Crippen LogP contribution in [0.15, 0.2) is 48.5 Å². The lowest BCUT2D eigenvalue weighted by Crippen LogP contribution is -2.50. The third-order valence-electron chi connectivity index (χ3n) is 6.80. The van der Waals surface area contributed by atoms with Crippen molar-refractivity contribution < 1.29 is 23.1 Å². The molecule has 8 nitrogen and oxygen atoms in total. The van der Waals surface area contributed by atoms with Crippen LogP contribution in [-0.4, -0.2) is 48.1 Å². The highest BCUT2D eigenvalue weighted by Crippen LogP contribution is 2.45. The second-order valence-corrected chi connectivity index (χ2v) is 9.04. The molecule has 1 saturated heterocycles. The highest BCUT2D eigenvalue weighted by Gasteiger charge is 2.49. The van der Waals surface area contributed by atoms with Gasteiger partial charge in [-0.2, -0.15) is 5.26 Å². The summed E-state index contributed by atoms with van der Waals surface area (Å²) >= 11 is 0. The zero-order valence-corrected chi connectivity index (χ0v) is 19.4. The Hall–Kier alpha value is -4.26. The van der Waals surface area contributed by atoms with Gasteiger partial charge in [-0.1, -0.05) is 24.3 Å². The van der Waals surface area contributed by atoms with E-state index < -0.39 is 41.1 Å². The van der Waals surface area contributed by atoms with E-state index in [2.05, 4.69) is 15.6 Å². The molecule has 184 valence electrons. The molecule has 36 heavy (non-hydrogen) atoms. The fraction of sp³-hybridized carbons (Fsp3) is 0.308. The lowest BCUT2D eigenvalue weighted by Gasteiger charge is -2.23. The summed E-state index contributed by atoms with van der Waals surface area (Å²) in [6.45, 7) is -0.381. The van der Waals surface area contributed by atoms with Crippen LogP contribution >= 0.6 is 0 Å². The van der Waals surface area contributed by atoms with Crippen LogP contribution in [0.25, 0.3) is 10.9 Å². The number of amides is 3. The van der Waals surface area contributed by atoms with Crippen molar-refractivity contribution in [1.29, 1.82) is 5.26 Å². The number of hydrogen-bond acceptors (Lipinski definition) is 5. The maximum Gasteiger partial charge on any atom is 0.316 e. The van der Waals surface area contributed by atoms with E-state index in [-0.39, 0.29) is 24.4 Å². The third kappa shape index (κ3) is 4.17. The van der Waals surface area contributed by atoms with Crippen molar-refractivity contribution >= 4 is 22.8 Å². The molecule has 0 unspecified atom stereocenters. The smallest absolute Gasteiger partial charge is 0.316 e. The van der Waals surface area contributed by atoms with Crippen LogP contribution in [0, 0.1) is 23.0 Å². The maximum absolute atomic E-state index is 14.9. The number of aromatic nitrogens is 1. The van der Waals surface area contributed by atoms with E-state index in [4.69, 9.17) is 10.00 Å². The van der Waals surface area contributed by atoms with Crippen molar-refractivity contribution in [1.82, 2.24) is 20.5 Å². The van der Waals surface area contributed by atoms with Gasteiger partial charge < -0.3 is 20.3 Å². The summed E-state index contributed by atoms with van der Waals surface area (Å²) in [5.41, 5.74) is 0.470. The summed E-state index contributed by atoms with van der Waals surface area (Å²) in [5, 5.41) is 15.6. The molecule has 5 rings (SSSR count). The summed E-state index contributed by atoms with van der Waals surface area (Å²) in [4.78, 5) is 31.9. The first-order chi connectivity index (χ1) is 17.3. The van der Waals surface area contributed by atoms with Gasteiger partial charge in [-0.15, -0.1) is 0 Å². The Morgan fingerprint density at radius 1 is 1.22 bits per heavy atom. The summed E-state index contributed by atoms with van der Waals surface area (Å²) in [6, 6.07) is 13.4. The molecule has 1 aromatic heterocycles. The quantitative estimate of drug-likeness (QED) is 0.515. The van der Waals surface area contributed by atoms with E-state index in [9.17, 15) is 18.4 Å². The van der Waals surface area contributed by atoms with Gasteiger partial charge in [-0.25, -0.2) is 13.6 Å². The number of fused-ring (bicyclic) bond motifs is 1. The minimum atomic E-state index is -1.25. The number of nitriles is 1. The Morgan fingerprint density at radius 2 is 1.94 bits per heavy atom. The lowest BCUT2D eigenvalue weighted by molar-refractivity contribution is -0.128. The second kappa shape index (κ2) is 9.07. The SMILES string of the molecule is COc1cc(F)c([C@@H]2CN(CC#N)C(=O)[C@H]2NC(=O)NC2(c3ccc4ccccc4n3)CC2)c(F)c1. The number of likely N-dealkylation sites (tertiary alicyclic amines) is 1. The average Bonchev–Trinajstić information content (AvgIpc) is 3.59. The molecule has 2 fully saturated rings. The van der Waals surface area contributed by atoms with Crippen LogP contribution in [0.1, 0.15) is 30.0 Å². The van der Waals surface area contributed by atoms with Gasteiger partial charge in [0.1, 0.15) is 30.0 Å². The maximum atomic E-state index is 14.9. The first kappa shape index (κ1) is 23.5. The van der Waals surface area contributed by atoms with Crippen LogP contribution < -0.4 is 15.4 Å². The molecule has 10 heteroatoms. The van der Waals surface area contributed by atoms with Crippen LogP contribution in [-0.2, 0) is 10.3 Å². The normalized spacial score (nSPS) is 20.2.